The second kappa shape index (κ2) is 5.05. The van der Waals surface area contributed by atoms with Crippen molar-refractivity contribution in [3.05, 3.63) is 47.5 Å². The standard InChI is InChI=1S/C12H8O4.Li/c13-11(14)9-6-5-7-3-1-2-4-8(7)10(9)12(15)16;/h1-6H,(H,13,14)(H,15,16);. The molecule has 2 N–H and O–H groups in total. The normalized spacial score (nSPS) is 9.65. The largest absolute Gasteiger partial charge is 0.478 e. The van der Waals surface area contributed by atoms with Crippen LogP contribution in [0.15, 0.2) is 36.4 Å². The molecular weight excluding hydrogens is 215 g/mol. The first-order valence-corrected chi connectivity index (χ1v) is 4.59. The van der Waals surface area contributed by atoms with Crippen LogP contribution in [-0.2, 0) is 0 Å². The van der Waals surface area contributed by atoms with Gasteiger partial charge in [-0.25, -0.2) is 9.59 Å². The zero-order valence-electron chi connectivity index (χ0n) is 9.18. The molecule has 2 rings (SSSR count). The molecule has 0 aliphatic carbocycles. The quantitative estimate of drug-likeness (QED) is 0.762. The molecule has 0 saturated carbocycles. The summed E-state index contributed by atoms with van der Waals surface area (Å²) < 4.78 is 0. The van der Waals surface area contributed by atoms with Gasteiger partial charge in [-0.3, -0.25) is 0 Å². The first-order chi connectivity index (χ1) is 7.61. The molecule has 5 heteroatoms. The molecule has 1 radical (unpaired) electrons. The first kappa shape index (κ1) is 13.3. The zero-order valence-corrected chi connectivity index (χ0v) is 9.18. The number of carbonyl (C=O) groups is 2. The molecule has 0 aliphatic heterocycles. The van der Waals surface area contributed by atoms with Crippen molar-refractivity contribution in [3.8, 4) is 0 Å². The minimum atomic E-state index is -1.23. The maximum absolute atomic E-state index is 11.1. The van der Waals surface area contributed by atoms with Crippen molar-refractivity contribution in [1.82, 2.24) is 0 Å². The van der Waals surface area contributed by atoms with Crippen molar-refractivity contribution in [1.29, 1.82) is 0 Å². The number of hydrogen-bond donors (Lipinski definition) is 2. The Morgan fingerprint density at radius 3 is 2.12 bits per heavy atom. The minimum Gasteiger partial charge on any atom is -0.478 e. The number of benzene rings is 2. The Morgan fingerprint density at radius 2 is 1.53 bits per heavy atom. The van der Waals surface area contributed by atoms with Crippen molar-refractivity contribution in [2.45, 2.75) is 0 Å². The number of hydrogen-bond acceptors (Lipinski definition) is 2. The molecule has 0 aromatic heterocycles. The van der Waals surface area contributed by atoms with Crippen LogP contribution in [0.1, 0.15) is 20.7 Å². The van der Waals surface area contributed by atoms with Crippen LogP contribution in [-0.4, -0.2) is 41.0 Å². The molecular formula is C12H8LiO4. The maximum atomic E-state index is 11.1. The Morgan fingerprint density at radius 1 is 0.882 bits per heavy atom. The van der Waals surface area contributed by atoms with E-state index in [0.29, 0.717) is 10.8 Å². The molecule has 4 nitrogen and oxygen atoms in total. The zero-order chi connectivity index (χ0) is 11.7. The van der Waals surface area contributed by atoms with Gasteiger partial charge in [0.05, 0.1) is 11.1 Å². The molecule has 2 aromatic rings. The van der Waals surface area contributed by atoms with Gasteiger partial charge in [0, 0.05) is 18.9 Å². The van der Waals surface area contributed by atoms with Crippen LogP contribution >= 0.6 is 0 Å². The van der Waals surface area contributed by atoms with Crippen molar-refractivity contribution in [2.24, 2.45) is 0 Å². The topological polar surface area (TPSA) is 74.6 Å². The Balaban J connectivity index is 0.00000144. The summed E-state index contributed by atoms with van der Waals surface area (Å²) in [7, 11) is 0. The van der Waals surface area contributed by atoms with Crippen molar-refractivity contribution in [2.75, 3.05) is 0 Å². The van der Waals surface area contributed by atoms with E-state index < -0.39 is 11.9 Å². The van der Waals surface area contributed by atoms with Gasteiger partial charge in [0.1, 0.15) is 0 Å². The fourth-order valence-electron chi connectivity index (χ4n) is 1.68. The van der Waals surface area contributed by atoms with Gasteiger partial charge in [-0.2, -0.15) is 0 Å². The van der Waals surface area contributed by atoms with E-state index >= 15 is 0 Å². The van der Waals surface area contributed by atoms with E-state index in [-0.39, 0.29) is 30.0 Å². The molecule has 0 aliphatic rings. The van der Waals surface area contributed by atoms with E-state index in [1.165, 1.54) is 6.07 Å². The molecule has 0 unspecified atom stereocenters. The summed E-state index contributed by atoms with van der Waals surface area (Å²) in [6.45, 7) is 0. The average Bonchev–Trinajstić information content (AvgIpc) is 2.27. The van der Waals surface area contributed by atoms with E-state index in [1.807, 2.05) is 0 Å². The Hall–Kier alpha value is -1.76. The number of fused-ring (bicyclic) bond motifs is 1. The van der Waals surface area contributed by atoms with E-state index in [2.05, 4.69) is 0 Å². The average molecular weight is 223 g/mol. The molecule has 0 atom stereocenters. The fourth-order valence-corrected chi connectivity index (χ4v) is 1.68. The van der Waals surface area contributed by atoms with Gasteiger partial charge < -0.3 is 10.2 Å². The summed E-state index contributed by atoms with van der Waals surface area (Å²) in [5.41, 5.74) is -0.350. The van der Waals surface area contributed by atoms with Crippen molar-refractivity contribution in [3.63, 3.8) is 0 Å². The molecule has 17 heavy (non-hydrogen) atoms. The van der Waals surface area contributed by atoms with Gasteiger partial charge in [0.2, 0.25) is 0 Å². The summed E-state index contributed by atoms with van der Waals surface area (Å²) in [6, 6.07) is 9.72. The van der Waals surface area contributed by atoms with Gasteiger partial charge in [-0.1, -0.05) is 30.3 Å². The van der Waals surface area contributed by atoms with E-state index in [0.717, 1.165) is 0 Å². The van der Waals surface area contributed by atoms with Gasteiger partial charge in [-0.05, 0) is 16.8 Å². The minimum absolute atomic E-state index is 0. The third-order valence-electron chi connectivity index (χ3n) is 2.37. The molecule has 0 fully saturated rings. The number of aromatic carboxylic acids is 2. The summed E-state index contributed by atoms with van der Waals surface area (Å²) in [5.74, 6) is -2.46. The van der Waals surface area contributed by atoms with Crippen LogP contribution in [0.5, 0.6) is 0 Å². The predicted octanol–water partition coefficient (Wildman–Crippen LogP) is 1.86. The second-order valence-corrected chi connectivity index (χ2v) is 3.32. The van der Waals surface area contributed by atoms with E-state index in [4.69, 9.17) is 10.2 Å². The van der Waals surface area contributed by atoms with Gasteiger partial charge in [0.15, 0.2) is 0 Å². The monoisotopic (exact) mass is 223 g/mol. The first-order valence-electron chi connectivity index (χ1n) is 4.59. The van der Waals surface area contributed by atoms with Crippen molar-refractivity contribution < 1.29 is 19.8 Å². The fraction of sp³-hybridized carbons (Fsp3) is 0. The van der Waals surface area contributed by atoms with Crippen LogP contribution in [0.25, 0.3) is 10.8 Å². The van der Waals surface area contributed by atoms with Crippen molar-refractivity contribution >= 4 is 41.6 Å². The van der Waals surface area contributed by atoms with Crippen LogP contribution < -0.4 is 0 Å². The summed E-state index contributed by atoms with van der Waals surface area (Å²) in [4.78, 5) is 22.0. The van der Waals surface area contributed by atoms with Crippen LogP contribution in [0.2, 0.25) is 0 Å². The van der Waals surface area contributed by atoms with Gasteiger partial charge in [0.25, 0.3) is 0 Å². The predicted molar refractivity (Wildman–Crippen MR) is 63.6 cm³/mol. The van der Waals surface area contributed by atoms with Crippen LogP contribution in [0.3, 0.4) is 0 Å². The second-order valence-electron chi connectivity index (χ2n) is 3.32. The van der Waals surface area contributed by atoms with E-state index in [9.17, 15) is 9.59 Å². The number of carboxylic acids is 2. The molecule has 0 heterocycles. The van der Waals surface area contributed by atoms with Gasteiger partial charge in [-0.15, -0.1) is 0 Å². The molecule has 2 aromatic carbocycles. The third-order valence-corrected chi connectivity index (χ3v) is 2.37. The molecule has 0 bridgehead atoms. The van der Waals surface area contributed by atoms with Crippen LogP contribution in [0, 0.1) is 0 Å². The molecule has 0 saturated heterocycles. The van der Waals surface area contributed by atoms with Gasteiger partial charge >= 0.3 is 11.9 Å². The SMILES string of the molecule is O=C(O)c1ccc2ccccc2c1C(=O)O.[Li]. The summed E-state index contributed by atoms with van der Waals surface area (Å²) >= 11 is 0. The third kappa shape index (κ3) is 2.33. The Kier molecular flexibility index (Phi) is 3.95. The molecule has 0 spiro atoms. The molecule has 81 valence electrons. The Bertz CT molecular complexity index is 592. The van der Waals surface area contributed by atoms with Crippen LogP contribution in [0.4, 0.5) is 0 Å². The summed E-state index contributed by atoms with van der Waals surface area (Å²) in [6.07, 6.45) is 0. The smallest absolute Gasteiger partial charge is 0.337 e. The summed E-state index contributed by atoms with van der Waals surface area (Å²) in [5, 5.41) is 19.1. The number of carboxylic acid groups (broad SMARTS) is 2. The number of rotatable bonds is 2. The maximum Gasteiger partial charge on any atom is 0.337 e. The molecule has 0 amide bonds. The Labute approximate surface area is 109 Å². The van der Waals surface area contributed by atoms with E-state index in [1.54, 1.807) is 30.3 Å².